The maximum Gasteiger partial charge on any atom is 0.0897 e. The zero-order chi connectivity index (χ0) is 14.4. The number of hydrogen-bond donors (Lipinski definition) is 2. The number of rotatable bonds is 6. The zero-order valence-electron chi connectivity index (χ0n) is 13.3. The van der Waals surface area contributed by atoms with Crippen LogP contribution in [0.15, 0.2) is 0 Å². The van der Waals surface area contributed by atoms with E-state index in [1.165, 1.54) is 44.9 Å². The second kappa shape index (κ2) is 5.82. The average Bonchev–Trinajstić information content (AvgIpc) is 2.86. The van der Waals surface area contributed by atoms with E-state index in [9.17, 15) is 5.11 Å². The van der Waals surface area contributed by atoms with Crippen LogP contribution < -0.4 is 5.32 Å². The molecule has 120 valence electrons. The van der Waals surface area contributed by atoms with Crippen LogP contribution in [0.3, 0.4) is 0 Å². The van der Waals surface area contributed by atoms with Gasteiger partial charge < -0.3 is 15.2 Å². The fraction of sp³-hybridized carbons (Fsp3) is 1.00. The molecule has 0 heterocycles. The molecule has 3 heteroatoms. The van der Waals surface area contributed by atoms with Crippen LogP contribution in [0.1, 0.15) is 51.9 Å². The Morgan fingerprint density at radius 2 is 1.86 bits per heavy atom. The molecule has 4 aliphatic rings. The van der Waals surface area contributed by atoms with E-state index in [-0.39, 0.29) is 6.10 Å². The number of hydrogen-bond acceptors (Lipinski definition) is 3. The average molecular weight is 293 g/mol. The number of aliphatic hydroxyl groups is 1. The van der Waals surface area contributed by atoms with Crippen molar-refractivity contribution in [1.29, 1.82) is 0 Å². The molecule has 7 unspecified atom stereocenters. The number of aliphatic hydroxyl groups excluding tert-OH is 1. The Labute approximate surface area is 128 Å². The summed E-state index contributed by atoms with van der Waals surface area (Å²) < 4.78 is 5.93. The first kappa shape index (κ1) is 14.5. The van der Waals surface area contributed by atoms with Crippen molar-refractivity contribution in [2.45, 2.75) is 70.1 Å². The van der Waals surface area contributed by atoms with E-state index >= 15 is 0 Å². The van der Waals surface area contributed by atoms with Gasteiger partial charge in [-0.1, -0.05) is 19.8 Å². The maximum absolute atomic E-state index is 10.1. The summed E-state index contributed by atoms with van der Waals surface area (Å²) in [5.41, 5.74) is 0. The summed E-state index contributed by atoms with van der Waals surface area (Å²) in [6.45, 7) is 3.55. The van der Waals surface area contributed by atoms with Gasteiger partial charge in [0.2, 0.25) is 0 Å². The highest BCUT2D eigenvalue weighted by Gasteiger charge is 2.64. The van der Waals surface area contributed by atoms with Crippen molar-refractivity contribution in [2.24, 2.45) is 29.6 Å². The highest BCUT2D eigenvalue weighted by molar-refractivity contribution is 5.16. The Morgan fingerprint density at radius 1 is 1.10 bits per heavy atom. The lowest BCUT2D eigenvalue weighted by Gasteiger charge is -2.27. The molecule has 7 atom stereocenters. The molecule has 4 aliphatic carbocycles. The predicted octanol–water partition coefficient (Wildman–Crippen LogP) is 2.58. The highest BCUT2D eigenvalue weighted by atomic mass is 16.5. The van der Waals surface area contributed by atoms with Gasteiger partial charge in [-0.15, -0.1) is 0 Å². The van der Waals surface area contributed by atoms with Crippen molar-refractivity contribution in [3.63, 3.8) is 0 Å². The molecule has 2 N–H and O–H groups in total. The molecule has 0 saturated heterocycles. The molecule has 0 aromatic carbocycles. The highest BCUT2D eigenvalue weighted by Crippen LogP contribution is 2.65. The lowest BCUT2D eigenvalue weighted by molar-refractivity contribution is -0.0308. The van der Waals surface area contributed by atoms with Gasteiger partial charge in [-0.25, -0.2) is 0 Å². The van der Waals surface area contributed by atoms with E-state index in [2.05, 4.69) is 12.2 Å². The summed E-state index contributed by atoms with van der Waals surface area (Å²) in [7, 11) is 0. The van der Waals surface area contributed by atoms with Crippen LogP contribution in [0.25, 0.3) is 0 Å². The first-order chi connectivity index (χ1) is 10.2. The molecule has 0 spiro atoms. The van der Waals surface area contributed by atoms with E-state index in [0.29, 0.717) is 12.7 Å². The summed E-state index contributed by atoms with van der Waals surface area (Å²) >= 11 is 0. The molecule has 4 fully saturated rings. The normalized spacial score (nSPS) is 49.1. The van der Waals surface area contributed by atoms with Gasteiger partial charge >= 0.3 is 0 Å². The van der Waals surface area contributed by atoms with E-state index in [0.717, 1.165) is 42.2 Å². The van der Waals surface area contributed by atoms with Crippen molar-refractivity contribution in [2.75, 3.05) is 13.2 Å². The summed E-state index contributed by atoms with van der Waals surface area (Å²) in [6.07, 6.45) is 9.48. The molecule has 0 amide bonds. The summed E-state index contributed by atoms with van der Waals surface area (Å²) in [5.74, 6) is 4.72. The van der Waals surface area contributed by atoms with Crippen LogP contribution >= 0.6 is 0 Å². The predicted molar refractivity (Wildman–Crippen MR) is 83.0 cm³/mol. The Bertz CT molecular complexity index is 358. The van der Waals surface area contributed by atoms with Gasteiger partial charge in [0.05, 0.1) is 18.8 Å². The van der Waals surface area contributed by atoms with Gasteiger partial charge in [0.1, 0.15) is 0 Å². The summed E-state index contributed by atoms with van der Waals surface area (Å²) in [4.78, 5) is 0. The standard InChI is InChI=1S/C18H31NO2/c1-11-3-2-4-15(7-11)21-10-14(20)9-19-18-16-12-5-6-13(8-12)17(16)18/h11-20H,2-10H2,1H3. The van der Waals surface area contributed by atoms with Crippen molar-refractivity contribution in [3.05, 3.63) is 0 Å². The third kappa shape index (κ3) is 2.89. The second-order valence-corrected chi connectivity index (χ2v) is 8.30. The minimum absolute atomic E-state index is 0.332. The maximum atomic E-state index is 10.1. The monoisotopic (exact) mass is 293 g/mol. The zero-order valence-corrected chi connectivity index (χ0v) is 13.3. The fourth-order valence-corrected chi connectivity index (χ4v) is 5.71. The SMILES string of the molecule is CC1CCCC(OCC(O)CNC2C3C4CCC(C4)C23)C1. The lowest BCUT2D eigenvalue weighted by atomic mass is 9.89. The van der Waals surface area contributed by atoms with Crippen LogP contribution in [0.4, 0.5) is 0 Å². The second-order valence-electron chi connectivity index (χ2n) is 8.30. The van der Waals surface area contributed by atoms with Crippen LogP contribution in [0, 0.1) is 29.6 Å². The molecule has 4 rings (SSSR count). The van der Waals surface area contributed by atoms with Crippen molar-refractivity contribution >= 4 is 0 Å². The van der Waals surface area contributed by atoms with Crippen LogP contribution in [0.2, 0.25) is 0 Å². The topological polar surface area (TPSA) is 41.5 Å². The van der Waals surface area contributed by atoms with Gasteiger partial charge in [-0.3, -0.25) is 0 Å². The molecule has 21 heavy (non-hydrogen) atoms. The minimum atomic E-state index is -0.332. The third-order valence-corrected chi connectivity index (χ3v) is 6.74. The van der Waals surface area contributed by atoms with Crippen LogP contribution in [-0.2, 0) is 4.74 Å². The van der Waals surface area contributed by atoms with E-state index in [4.69, 9.17) is 4.74 Å². The number of ether oxygens (including phenoxy) is 1. The molecular formula is C18H31NO2. The number of nitrogens with one attached hydrogen (secondary N) is 1. The Hall–Kier alpha value is -0.120. The lowest BCUT2D eigenvalue weighted by Crippen LogP contribution is -2.35. The van der Waals surface area contributed by atoms with Gasteiger partial charge in [-0.2, -0.15) is 0 Å². The van der Waals surface area contributed by atoms with Crippen molar-refractivity contribution in [3.8, 4) is 0 Å². The molecule has 0 aromatic heterocycles. The molecule has 2 bridgehead atoms. The fourth-order valence-electron chi connectivity index (χ4n) is 5.71. The van der Waals surface area contributed by atoms with E-state index in [1.807, 2.05) is 0 Å². The van der Waals surface area contributed by atoms with E-state index < -0.39 is 0 Å². The van der Waals surface area contributed by atoms with Gasteiger partial charge in [0.25, 0.3) is 0 Å². The molecule has 3 nitrogen and oxygen atoms in total. The summed E-state index contributed by atoms with van der Waals surface area (Å²) in [6, 6.07) is 0.723. The Kier molecular flexibility index (Phi) is 4.01. The quantitative estimate of drug-likeness (QED) is 0.791. The molecular weight excluding hydrogens is 262 g/mol. The number of fused-ring (bicyclic) bond motifs is 5. The molecule has 4 saturated carbocycles. The van der Waals surface area contributed by atoms with Gasteiger partial charge in [0, 0.05) is 12.6 Å². The summed E-state index contributed by atoms with van der Waals surface area (Å²) in [5, 5.41) is 13.8. The Morgan fingerprint density at radius 3 is 2.57 bits per heavy atom. The van der Waals surface area contributed by atoms with Crippen LogP contribution in [0.5, 0.6) is 0 Å². The molecule has 0 radical (unpaired) electrons. The van der Waals surface area contributed by atoms with Crippen molar-refractivity contribution in [1.82, 2.24) is 5.32 Å². The molecule has 0 aliphatic heterocycles. The third-order valence-electron chi connectivity index (χ3n) is 6.74. The smallest absolute Gasteiger partial charge is 0.0897 e. The first-order valence-corrected chi connectivity index (χ1v) is 9.25. The molecule has 0 aromatic rings. The minimum Gasteiger partial charge on any atom is -0.389 e. The van der Waals surface area contributed by atoms with Crippen LogP contribution in [-0.4, -0.2) is 36.5 Å². The van der Waals surface area contributed by atoms with Gasteiger partial charge in [0.15, 0.2) is 0 Å². The van der Waals surface area contributed by atoms with Crippen molar-refractivity contribution < 1.29 is 9.84 Å². The Balaban J connectivity index is 1.14. The van der Waals surface area contributed by atoms with Gasteiger partial charge in [-0.05, 0) is 61.7 Å². The largest absolute Gasteiger partial charge is 0.389 e. The van der Waals surface area contributed by atoms with E-state index in [1.54, 1.807) is 0 Å². The first-order valence-electron chi connectivity index (χ1n) is 9.25.